The van der Waals surface area contributed by atoms with Crippen molar-refractivity contribution in [2.45, 2.75) is 19.8 Å². The molecule has 98 valence electrons. The molecular weight excluding hydrogens is 240 g/mol. The molecule has 1 amide bonds. The number of carbonyl (C=O) groups excluding carboxylic acids is 1. The van der Waals surface area contributed by atoms with Crippen LogP contribution in [0.1, 0.15) is 19.8 Å². The van der Waals surface area contributed by atoms with Gasteiger partial charge < -0.3 is 10.1 Å². The number of methoxy groups -OCH3 is 1. The van der Waals surface area contributed by atoms with Crippen LogP contribution in [-0.2, 0) is 4.79 Å². The molecule has 1 saturated carbocycles. The smallest absolute Gasteiger partial charge is 0.230 e. The monoisotopic (exact) mass is 256 g/mol. The van der Waals surface area contributed by atoms with Crippen molar-refractivity contribution < 1.29 is 9.53 Å². The lowest BCUT2D eigenvalue weighted by Gasteiger charge is -2.10. The first-order valence-corrected chi connectivity index (χ1v) is 6.37. The number of pyridine rings is 1. The van der Waals surface area contributed by atoms with Gasteiger partial charge in [-0.25, -0.2) is 4.98 Å². The SMILES string of the molecule is COc1ccc2ccc(NC(=O)C3(C)CC3)cc2n1. The van der Waals surface area contributed by atoms with E-state index in [0.29, 0.717) is 5.88 Å². The van der Waals surface area contributed by atoms with Crippen LogP contribution in [0, 0.1) is 5.41 Å². The molecule has 1 fully saturated rings. The Balaban J connectivity index is 1.89. The van der Waals surface area contributed by atoms with Gasteiger partial charge in [-0.2, -0.15) is 0 Å². The maximum absolute atomic E-state index is 12.0. The maximum atomic E-state index is 12.0. The van der Waals surface area contributed by atoms with Gasteiger partial charge in [0.05, 0.1) is 12.6 Å². The van der Waals surface area contributed by atoms with E-state index in [1.54, 1.807) is 7.11 Å². The largest absolute Gasteiger partial charge is 0.481 e. The van der Waals surface area contributed by atoms with Crippen LogP contribution in [0.5, 0.6) is 5.88 Å². The van der Waals surface area contributed by atoms with Crippen molar-refractivity contribution in [2.75, 3.05) is 12.4 Å². The number of fused-ring (bicyclic) bond motifs is 1. The molecule has 0 radical (unpaired) electrons. The fraction of sp³-hybridized carbons (Fsp3) is 0.333. The average molecular weight is 256 g/mol. The predicted octanol–water partition coefficient (Wildman–Crippen LogP) is 2.98. The van der Waals surface area contributed by atoms with E-state index in [1.165, 1.54) is 0 Å². The molecule has 0 saturated heterocycles. The fourth-order valence-electron chi connectivity index (χ4n) is 1.99. The summed E-state index contributed by atoms with van der Waals surface area (Å²) in [6, 6.07) is 9.51. The average Bonchev–Trinajstić information content (AvgIpc) is 3.17. The molecule has 1 aliphatic carbocycles. The molecule has 0 aliphatic heterocycles. The van der Waals surface area contributed by atoms with Crippen molar-refractivity contribution in [1.29, 1.82) is 0 Å². The van der Waals surface area contributed by atoms with Gasteiger partial charge in [0, 0.05) is 22.6 Å². The Kier molecular flexibility index (Phi) is 2.66. The van der Waals surface area contributed by atoms with E-state index in [9.17, 15) is 4.79 Å². The van der Waals surface area contributed by atoms with Crippen molar-refractivity contribution in [2.24, 2.45) is 5.41 Å². The number of aromatic nitrogens is 1. The Morgan fingerprint density at radius 2 is 2.05 bits per heavy atom. The second-order valence-corrected chi connectivity index (χ2v) is 5.28. The van der Waals surface area contributed by atoms with Crippen LogP contribution < -0.4 is 10.1 Å². The van der Waals surface area contributed by atoms with Crippen LogP contribution in [0.4, 0.5) is 5.69 Å². The van der Waals surface area contributed by atoms with Crippen LogP contribution >= 0.6 is 0 Å². The van der Waals surface area contributed by atoms with Gasteiger partial charge in [0.1, 0.15) is 0 Å². The molecule has 1 aromatic carbocycles. The van der Waals surface area contributed by atoms with Crippen LogP contribution in [0.2, 0.25) is 0 Å². The van der Waals surface area contributed by atoms with Gasteiger partial charge in [-0.15, -0.1) is 0 Å². The number of benzene rings is 1. The van der Waals surface area contributed by atoms with E-state index in [4.69, 9.17) is 4.74 Å². The summed E-state index contributed by atoms with van der Waals surface area (Å²) >= 11 is 0. The van der Waals surface area contributed by atoms with E-state index in [1.807, 2.05) is 37.3 Å². The molecule has 1 N–H and O–H groups in total. The van der Waals surface area contributed by atoms with Gasteiger partial charge in [-0.1, -0.05) is 13.0 Å². The number of hydrogen-bond donors (Lipinski definition) is 1. The van der Waals surface area contributed by atoms with Crippen LogP contribution in [0.3, 0.4) is 0 Å². The number of anilines is 1. The summed E-state index contributed by atoms with van der Waals surface area (Å²) in [5.74, 6) is 0.667. The van der Waals surface area contributed by atoms with Crippen molar-refractivity contribution in [3.05, 3.63) is 30.3 Å². The topological polar surface area (TPSA) is 51.2 Å². The Bertz CT molecular complexity index is 648. The third-order valence-corrected chi connectivity index (χ3v) is 3.68. The Labute approximate surface area is 111 Å². The summed E-state index contributed by atoms with van der Waals surface area (Å²) in [6.07, 6.45) is 1.94. The van der Waals surface area contributed by atoms with E-state index >= 15 is 0 Å². The van der Waals surface area contributed by atoms with Crippen LogP contribution in [0.15, 0.2) is 30.3 Å². The minimum absolute atomic E-state index is 0.0924. The number of amides is 1. The minimum atomic E-state index is -0.170. The Hall–Kier alpha value is -2.10. The number of nitrogens with zero attached hydrogens (tertiary/aromatic N) is 1. The Morgan fingerprint density at radius 1 is 1.32 bits per heavy atom. The zero-order valence-electron chi connectivity index (χ0n) is 11.1. The zero-order valence-corrected chi connectivity index (χ0v) is 11.1. The molecule has 2 aromatic rings. The van der Waals surface area contributed by atoms with Gasteiger partial charge in [0.2, 0.25) is 11.8 Å². The van der Waals surface area contributed by atoms with Gasteiger partial charge in [0.15, 0.2) is 0 Å². The van der Waals surface area contributed by atoms with Crippen LogP contribution in [-0.4, -0.2) is 18.0 Å². The summed E-state index contributed by atoms with van der Waals surface area (Å²) in [5, 5.41) is 3.98. The number of rotatable bonds is 3. The van der Waals surface area contributed by atoms with E-state index in [2.05, 4.69) is 10.3 Å². The highest BCUT2D eigenvalue weighted by Gasteiger charge is 2.44. The van der Waals surface area contributed by atoms with Gasteiger partial charge in [0.25, 0.3) is 0 Å². The third kappa shape index (κ3) is 2.26. The molecule has 4 heteroatoms. The van der Waals surface area contributed by atoms with Gasteiger partial charge in [-0.3, -0.25) is 4.79 Å². The van der Waals surface area contributed by atoms with Crippen molar-refractivity contribution >= 4 is 22.5 Å². The molecule has 1 heterocycles. The fourth-order valence-corrected chi connectivity index (χ4v) is 1.99. The molecule has 4 nitrogen and oxygen atoms in total. The summed E-state index contributed by atoms with van der Waals surface area (Å²) in [5.41, 5.74) is 1.43. The first kappa shape index (κ1) is 12.0. The quantitative estimate of drug-likeness (QED) is 0.918. The van der Waals surface area contributed by atoms with Crippen LogP contribution in [0.25, 0.3) is 10.9 Å². The highest BCUT2D eigenvalue weighted by atomic mass is 16.5. The lowest BCUT2D eigenvalue weighted by Crippen LogP contribution is -2.21. The van der Waals surface area contributed by atoms with E-state index in [0.717, 1.165) is 29.4 Å². The summed E-state index contributed by atoms with van der Waals surface area (Å²) in [6.45, 7) is 1.99. The Morgan fingerprint density at radius 3 is 2.74 bits per heavy atom. The normalized spacial score (nSPS) is 16.1. The lowest BCUT2D eigenvalue weighted by atomic mass is 10.1. The second kappa shape index (κ2) is 4.23. The standard InChI is InChI=1S/C15H16N2O2/c1-15(7-8-15)14(18)16-11-5-3-10-4-6-13(19-2)17-12(10)9-11/h3-6,9H,7-8H2,1-2H3,(H,16,18). The molecule has 0 spiro atoms. The van der Waals surface area contributed by atoms with Gasteiger partial charge >= 0.3 is 0 Å². The second-order valence-electron chi connectivity index (χ2n) is 5.28. The third-order valence-electron chi connectivity index (χ3n) is 3.68. The first-order valence-electron chi connectivity index (χ1n) is 6.37. The number of hydrogen-bond acceptors (Lipinski definition) is 3. The van der Waals surface area contributed by atoms with Crippen molar-refractivity contribution in [3.63, 3.8) is 0 Å². The highest BCUT2D eigenvalue weighted by Crippen LogP contribution is 2.45. The van der Waals surface area contributed by atoms with Crippen molar-refractivity contribution in [1.82, 2.24) is 4.98 Å². The summed E-state index contributed by atoms with van der Waals surface area (Å²) in [7, 11) is 1.59. The molecule has 0 unspecified atom stereocenters. The van der Waals surface area contributed by atoms with Crippen molar-refractivity contribution in [3.8, 4) is 5.88 Å². The molecular formula is C15H16N2O2. The van der Waals surface area contributed by atoms with Gasteiger partial charge in [-0.05, 0) is 31.0 Å². The predicted molar refractivity (Wildman–Crippen MR) is 74.3 cm³/mol. The van der Waals surface area contributed by atoms with E-state index < -0.39 is 0 Å². The molecule has 1 aliphatic rings. The first-order chi connectivity index (χ1) is 9.10. The van der Waals surface area contributed by atoms with E-state index in [-0.39, 0.29) is 11.3 Å². The maximum Gasteiger partial charge on any atom is 0.230 e. The molecule has 19 heavy (non-hydrogen) atoms. The minimum Gasteiger partial charge on any atom is -0.481 e. The number of carbonyl (C=O) groups is 1. The molecule has 1 aromatic heterocycles. The molecule has 0 atom stereocenters. The molecule has 0 bridgehead atoms. The summed E-state index contributed by atoms with van der Waals surface area (Å²) in [4.78, 5) is 16.4. The zero-order chi connectivity index (χ0) is 13.5. The number of ether oxygens (including phenoxy) is 1. The number of nitrogens with one attached hydrogen (secondary N) is 1. The lowest BCUT2D eigenvalue weighted by molar-refractivity contribution is -0.120. The summed E-state index contributed by atoms with van der Waals surface area (Å²) < 4.78 is 5.11. The highest BCUT2D eigenvalue weighted by molar-refractivity contribution is 5.98. The molecule has 3 rings (SSSR count).